The lowest BCUT2D eigenvalue weighted by molar-refractivity contribution is -0.141. The lowest BCUT2D eigenvalue weighted by Gasteiger charge is -2.09. The fourth-order valence-electron chi connectivity index (χ4n) is 1.66. The van der Waals surface area contributed by atoms with Crippen molar-refractivity contribution in [2.45, 2.75) is 26.2 Å². The molecule has 0 aliphatic heterocycles. The Hall–Kier alpha value is -2.11. The predicted octanol–water partition coefficient (Wildman–Crippen LogP) is 2.21. The van der Waals surface area contributed by atoms with Gasteiger partial charge < -0.3 is 15.2 Å². The number of carbonyl (C=O) groups excluding carboxylic acids is 1. The summed E-state index contributed by atoms with van der Waals surface area (Å²) in [5.41, 5.74) is 0. The molecule has 0 aliphatic rings. The molecule has 1 rings (SSSR count). The Balaban J connectivity index is 2.12. The van der Waals surface area contributed by atoms with E-state index < -0.39 is 17.7 Å². The van der Waals surface area contributed by atoms with Crippen LogP contribution in [0.4, 0.5) is 4.39 Å². The topological polar surface area (TPSA) is 75.6 Å². The highest BCUT2D eigenvalue weighted by molar-refractivity contribution is 5.76. The number of halogens is 1. The highest BCUT2D eigenvalue weighted by Crippen LogP contribution is 2.15. The molecule has 6 heteroatoms. The van der Waals surface area contributed by atoms with Crippen LogP contribution in [0.1, 0.15) is 26.2 Å². The van der Waals surface area contributed by atoms with Crippen molar-refractivity contribution in [3.05, 3.63) is 30.1 Å². The Labute approximate surface area is 123 Å². The minimum absolute atomic E-state index is 0.0955. The van der Waals surface area contributed by atoms with E-state index in [4.69, 9.17) is 9.84 Å². The number of hydrogen-bond acceptors (Lipinski definition) is 3. The first-order valence-corrected chi connectivity index (χ1v) is 6.87. The van der Waals surface area contributed by atoms with Crippen molar-refractivity contribution in [2.24, 2.45) is 5.92 Å². The molecule has 0 radical (unpaired) electrons. The number of rotatable bonds is 9. The van der Waals surface area contributed by atoms with Crippen molar-refractivity contribution in [1.29, 1.82) is 0 Å². The van der Waals surface area contributed by atoms with Gasteiger partial charge in [0, 0.05) is 6.54 Å². The second-order valence-corrected chi connectivity index (χ2v) is 4.76. The van der Waals surface area contributed by atoms with Crippen LogP contribution in [0.2, 0.25) is 0 Å². The molecule has 0 fully saturated rings. The van der Waals surface area contributed by atoms with Crippen LogP contribution in [-0.2, 0) is 9.59 Å². The summed E-state index contributed by atoms with van der Waals surface area (Å²) in [7, 11) is 0. The molecule has 2 N–H and O–H groups in total. The van der Waals surface area contributed by atoms with Gasteiger partial charge in [-0.3, -0.25) is 9.59 Å². The van der Waals surface area contributed by atoms with Crippen molar-refractivity contribution >= 4 is 11.9 Å². The van der Waals surface area contributed by atoms with E-state index in [1.165, 1.54) is 12.1 Å². The van der Waals surface area contributed by atoms with Gasteiger partial charge in [-0.1, -0.05) is 19.1 Å². The van der Waals surface area contributed by atoms with Crippen LogP contribution in [0.25, 0.3) is 0 Å². The molecule has 1 aromatic carbocycles. The normalized spacial score (nSPS) is 11.7. The number of carbonyl (C=O) groups is 2. The van der Waals surface area contributed by atoms with Crippen LogP contribution < -0.4 is 10.1 Å². The van der Waals surface area contributed by atoms with Gasteiger partial charge >= 0.3 is 5.97 Å². The average Bonchev–Trinajstić information content (AvgIpc) is 2.45. The zero-order valence-electron chi connectivity index (χ0n) is 12.0. The van der Waals surface area contributed by atoms with Gasteiger partial charge in [-0.25, -0.2) is 4.39 Å². The maximum absolute atomic E-state index is 13.2. The predicted molar refractivity (Wildman–Crippen MR) is 75.6 cm³/mol. The molecule has 1 amide bonds. The van der Waals surface area contributed by atoms with E-state index in [0.29, 0.717) is 19.4 Å². The summed E-state index contributed by atoms with van der Waals surface area (Å²) in [5, 5.41) is 11.4. The fourth-order valence-corrected chi connectivity index (χ4v) is 1.66. The second-order valence-electron chi connectivity index (χ2n) is 4.76. The Morgan fingerprint density at radius 1 is 1.38 bits per heavy atom. The molecule has 0 heterocycles. The number of carboxylic acid groups (broad SMARTS) is 1. The first-order valence-electron chi connectivity index (χ1n) is 6.87. The smallest absolute Gasteiger partial charge is 0.306 e. The Morgan fingerprint density at radius 2 is 2.10 bits per heavy atom. The van der Waals surface area contributed by atoms with Crippen LogP contribution >= 0.6 is 0 Å². The number of para-hydroxylation sites is 1. The van der Waals surface area contributed by atoms with Crippen LogP contribution in [0.3, 0.4) is 0 Å². The van der Waals surface area contributed by atoms with Crippen molar-refractivity contribution in [3.8, 4) is 5.75 Å². The Bertz CT molecular complexity index is 478. The van der Waals surface area contributed by atoms with Crippen molar-refractivity contribution in [2.75, 3.05) is 13.2 Å². The third-order valence-corrected chi connectivity index (χ3v) is 2.98. The van der Waals surface area contributed by atoms with E-state index in [9.17, 15) is 14.0 Å². The van der Waals surface area contributed by atoms with Gasteiger partial charge in [0.15, 0.2) is 11.6 Å². The van der Waals surface area contributed by atoms with Gasteiger partial charge in [0.1, 0.15) is 0 Å². The highest BCUT2D eigenvalue weighted by atomic mass is 19.1. The number of nitrogens with one attached hydrogen (secondary N) is 1. The zero-order chi connectivity index (χ0) is 15.7. The molecule has 0 spiro atoms. The van der Waals surface area contributed by atoms with E-state index in [1.807, 2.05) is 0 Å². The molecule has 1 aromatic rings. The first kappa shape index (κ1) is 16.9. The first-order chi connectivity index (χ1) is 10.0. The number of ether oxygens (including phenoxy) is 1. The summed E-state index contributed by atoms with van der Waals surface area (Å²) in [4.78, 5) is 22.1. The second kappa shape index (κ2) is 8.94. The van der Waals surface area contributed by atoms with Gasteiger partial charge in [-0.15, -0.1) is 0 Å². The number of carboxylic acids is 1. The maximum atomic E-state index is 13.2. The zero-order valence-corrected chi connectivity index (χ0v) is 12.0. The number of benzene rings is 1. The van der Waals surface area contributed by atoms with E-state index in [1.54, 1.807) is 19.1 Å². The summed E-state index contributed by atoms with van der Waals surface area (Å²) >= 11 is 0. The molecule has 116 valence electrons. The average molecular weight is 297 g/mol. The van der Waals surface area contributed by atoms with Crippen molar-refractivity contribution in [3.63, 3.8) is 0 Å². The minimum atomic E-state index is -0.834. The largest absolute Gasteiger partial charge is 0.490 e. The summed E-state index contributed by atoms with van der Waals surface area (Å²) in [6, 6.07) is 6.01. The van der Waals surface area contributed by atoms with Gasteiger partial charge in [0.05, 0.1) is 18.9 Å². The van der Waals surface area contributed by atoms with Gasteiger partial charge in [-0.05, 0) is 25.0 Å². The number of hydrogen-bond donors (Lipinski definition) is 2. The lowest BCUT2D eigenvalue weighted by atomic mass is 10.1. The molecular weight excluding hydrogens is 277 g/mol. The van der Waals surface area contributed by atoms with Crippen LogP contribution in [0.5, 0.6) is 5.75 Å². The van der Waals surface area contributed by atoms with Crippen LogP contribution in [0, 0.1) is 11.7 Å². The third-order valence-electron chi connectivity index (χ3n) is 2.98. The summed E-state index contributed by atoms with van der Waals surface area (Å²) in [5.74, 6) is -1.78. The van der Waals surface area contributed by atoms with Crippen LogP contribution in [0.15, 0.2) is 24.3 Å². The SMILES string of the molecule is CC(CCCNC(=O)CCOc1ccccc1F)C(=O)O. The summed E-state index contributed by atoms with van der Waals surface area (Å²) < 4.78 is 18.4. The monoisotopic (exact) mass is 297 g/mol. The number of amides is 1. The number of aliphatic carboxylic acids is 1. The molecular formula is C15H20FNO4. The molecule has 0 aromatic heterocycles. The molecule has 1 atom stereocenters. The summed E-state index contributed by atoms with van der Waals surface area (Å²) in [6.07, 6.45) is 1.25. The van der Waals surface area contributed by atoms with Gasteiger partial charge in [0.2, 0.25) is 5.91 Å². The molecule has 0 saturated carbocycles. The van der Waals surface area contributed by atoms with Gasteiger partial charge in [-0.2, -0.15) is 0 Å². The Morgan fingerprint density at radius 3 is 2.76 bits per heavy atom. The quantitative estimate of drug-likeness (QED) is 0.685. The Kier molecular flexibility index (Phi) is 7.21. The molecule has 5 nitrogen and oxygen atoms in total. The molecule has 0 aliphatic carbocycles. The lowest BCUT2D eigenvalue weighted by Crippen LogP contribution is -2.26. The van der Waals surface area contributed by atoms with E-state index in [2.05, 4.69) is 5.32 Å². The highest BCUT2D eigenvalue weighted by Gasteiger charge is 2.10. The third kappa shape index (κ3) is 6.74. The maximum Gasteiger partial charge on any atom is 0.306 e. The fraction of sp³-hybridized carbons (Fsp3) is 0.467. The van der Waals surface area contributed by atoms with E-state index >= 15 is 0 Å². The van der Waals surface area contributed by atoms with E-state index in [0.717, 1.165) is 0 Å². The molecule has 21 heavy (non-hydrogen) atoms. The standard InChI is InChI=1S/C15H20FNO4/c1-11(15(19)20)5-4-9-17-14(18)8-10-21-13-7-3-2-6-12(13)16/h2-3,6-7,11H,4-5,8-10H2,1H3,(H,17,18)(H,19,20). The van der Waals surface area contributed by atoms with Gasteiger partial charge in [0.25, 0.3) is 0 Å². The van der Waals surface area contributed by atoms with Crippen molar-refractivity contribution in [1.82, 2.24) is 5.32 Å². The minimum Gasteiger partial charge on any atom is -0.490 e. The molecule has 0 saturated heterocycles. The van der Waals surface area contributed by atoms with Crippen LogP contribution in [-0.4, -0.2) is 30.1 Å². The molecule has 0 bridgehead atoms. The summed E-state index contributed by atoms with van der Waals surface area (Å²) in [6.45, 7) is 2.15. The molecule has 1 unspecified atom stereocenters. The van der Waals surface area contributed by atoms with Crippen molar-refractivity contribution < 1.29 is 23.8 Å². The van der Waals surface area contributed by atoms with E-state index in [-0.39, 0.29) is 24.7 Å².